The summed E-state index contributed by atoms with van der Waals surface area (Å²) >= 11 is 1.62. The molecule has 148 valence electrons. The van der Waals surface area contributed by atoms with E-state index in [1.165, 1.54) is 0 Å². The lowest BCUT2D eigenvalue weighted by Gasteiger charge is -2.33. The van der Waals surface area contributed by atoms with Gasteiger partial charge in [-0.3, -0.25) is 9.78 Å². The van der Waals surface area contributed by atoms with Crippen LogP contribution in [-0.2, 0) is 5.75 Å². The summed E-state index contributed by atoms with van der Waals surface area (Å²) in [6, 6.07) is 13.5. The number of carbonyl (C=O) groups is 1. The van der Waals surface area contributed by atoms with Crippen molar-refractivity contribution in [2.24, 2.45) is 0 Å². The Morgan fingerprint density at radius 1 is 1.17 bits per heavy atom. The molecule has 1 atom stereocenters. The van der Waals surface area contributed by atoms with Crippen LogP contribution in [0, 0.1) is 6.92 Å². The number of amides is 1. The Hall–Kier alpha value is -2.73. The molecule has 4 rings (SSSR count). The van der Waals surface area contributed by atoms with E-state index in [0.29, 0.717) is 6.54 Å². The molecule has 0 spiro atoms. The molecule has 3 heterocycles. The minimum atomic E-state index is 0.105. The van der Waals surface area contributed by atoms with E-state index < -0.39 is 0 Å². The highest BCUT2D eigenvalue weighted by Gasteiger charge is 2.27. The minimum absolute atomic E-state index is 0.105. The second kappa shape index (κ2) is 9.18. The van der Waals surface area contributed by atoms with Crippen molar-refractivity contribution in [1.29, 1.82) is 0 Å². The molecule has 1 aromatic carbocycles. The fraction of sp³-hybridized carbons (Fsp3) is 0.304. The standard InChI is InChI=1S/C23H24N4OS/c1-17-13-25-23(29-16-18-7-5-11-24-14-18)26-21(17)20-10-6-12-27(15-20)22(28)19-8-3-2-4-9-19/h2-5,7-9,11,13-14,20H,6,10,12,15-16H2,1H3. The van der Waals surface area contributed by atoms with Crippen LogP contribution in [0.1, 0.15) is 45.9 Å². The minimum Gasteiger partial charge on any atom is -0.338 e. The number of benzene rings is 1. The molecule has 0 saturated carbocycles. The first kappa shape index (κ1) is 19.6. The van der Waals surface area contributed by atoms with Gasteiger partial charge in [-0.15, -0.1) is 0 Å². The van der Waals surface area contributed by atoms with Crippen molar-refractivity contribution >= 4 is 17.7 Å². The predicted molar refractivity (Wildman–Crippen MR) is 115 cm³/mol. The highest BCUT2D eigenvalue weighted by molar-refractivity contribution is 7.98. The first-order valence-electron chi connectivity index (χ1n) is 9.90. The zero-order valence-electron chi connectivity index (χ0n) is 16.5. The number of likely N-dealkylation sites (tertiary alicyclic amines) is 1. The highest BCUT2D eigenvalue weighted by Crippen LogP contribution is 2.30. The molecular weight excluding hydrogens is 380 g/mol. The Balaban J connectivity index is 1.47. The van der Waals surface area contributed by atoms with Gasteiger partial charge in [0.25, 0.3) is 5.91 Å². The van der Waals surface area contributed by atoms with Gasteiger partial charge in [-0.2, -0.15) is 0 Å². The van der Waals surface area contributed by atoms with Gasteiger partial charge in [0.05, 0.1) is 5.69 Å². The number of hydrogen-bond donors (Lipinski definition) is 0. The van der Waals surface area contributed by atoms with Gasteiger partial charge in [0.2, 0.25) is 0 Å². The third kappa shape index (κ3) is 4.82. The van der Waals surface area contributed by atoms with Crippen LogP contribution in [0.4, 0.5) is 0 Å². The highest BCUT2D eigenvalue weighted by atomic mass is 32.2. The Bertz CT molecular complexity index is 965. The summed E-state index contributed by atoms with van der Waals surface area (Å²) < 4.78 is 0. The molecule has 3 aromatic rings. The molecular formula is C23H24N4OS. The monoisotopic (exact) mass is 404 g/mol. The van der Waals surface area contributed by atoms with E-state index in [4.69, 9.17) is 4.98 Å². The van der Waals surface area contributed by atoms with E-state index in [1.54, 1.807) is 18.0 Å². The van der Waals surface area contributed by atoms with Crippen LogP contribution in [0.15, 0.2) is 66.2 Å². The summed E-state index contributed by atoms with van der Waals surface area (Å²) in [7, 11) is 0. The van der Waals surface area contributed by atoms with E-state index >= 15 is 0 Å². The van der Waals surface area contributed by atoms with E-state index in [0.717, 1.165) is 52.7 Å². The molecule has 5 nitrogen and oxygen atoms in total. The predicted octanol–water partition coefficient (Wildman–Crippen LogP) is 4.49. The quantitative estimate of drug-likeness (QED) is 0.463. The van der Waals surface area contributed by atoms with Crippen molar-refractivity contribution < 1.29 is 4.79 Å². The van der Waals surface area contributed by atoms with Crippen LogP contribution >= 0.6 is 11.8 Å². The Labute approximate surface area is 175 Å². The van der Waals surface area contributed by atoms with Crippen LogP contribution in [0.3, 0.4) is 0 Å². The second-order valence-corrected chi connectivity index (χ2v) is 8.27. The lowest BCUT2D eigenvalue weighted by molar-refractivity contribution is 0.0705. The van der Waals surface area contributed by atoms with Gasteiger partial charge in [0, 0.05) is 48.9 Å². The molecule has 1 saturated heterocycles. The topological polar surface area (TPSA) is 59.0 Å². The van der Waals surface area contributed by atoms with Crippen molar-refractivity contribution in [1.82, 2.24) is 19.9 Å². The van der Waals surface area contributed by atoms with Crippen molar-refractivity contribution in [2.75, 3.05) is 13.1 Å². The van der Waals surface area contributed by atoms with Gasteiger partial charge in [-0.1, -0.05) is 36.0 Å². The van der Waals surface area contributed by atoms with Crippen LogP contribution in [0.5, 0.6) is 0 Å². The summed E-state index contributed by atoms with van der Waals surface area (Å²) in [5.74, 6) is 1.14. The average molecular weight is 405 g/mol. The van der Waals surface area contributed by atoms with E-state index in [9.17, 15) is 4.79 Å². The zero-order chi connectivity index (χ0) is 20.1. The molecule has 1 unspecified atom stereocenters. The third-order valence-electron chi connectivity index (χ3n) is 5.20. The van der Waals surface area contributed by atoms with Gasteiger partial charge in [0.1, 0.15) is 0 Å². The van der Waals surface area contributed by atoms with Crippen molar-refractivity contribution in [3.63, 3.8) is 0 Å². The normalized spacial score (nSPS) is 16.6. The molecule has 1 fully saturated rings. The molecule has 0 bridgehead atoms. The Morgan fingerprint density at radius 3 is 2.83 bits per heavy atom. The van der Waals surface area contributed by atoms with E-state index in [1.807, 2.05) is 53.7 Å². The molecule has 1 amide bonds. The fourth-order valence-corrected chi connectivity index (χ4v) is 4.46. The fourth-order valence-electron chi connectivity index (χ4n) is 3.70. The van der Waals surface area contributed by atoms with Crippen molar-refractivity contribution in [2.45, 2.75) is 36.6 Å². The molecule has 6 heteroatoms. The number of piperidine rings is 1. The number of hydrogen-bond acceptors (Lipinski definition) is 5. The molecule has 0 radical (unpaired) electrons. The molecule has 1 aliphatic rings. The number of aromatic nitrogens is 3. The van der Waals surface area contributed by atoms with Gasteiger partial charge in [0.15, 0.2) is 5.16 Å². The summed E-state index contributed by atoms with van der Waals surface area (Å²) in [5, 5.41) is 0.779. The molecule has 0 N–H and O–H groups in total. The summed E-state index contributed by atoms with van der Waals surface area (Å²) in [5.41, 5.74) is 4.06. The lowest BCUT2D eigenvalue weighted by atomic mass is 9.92. The zero-order valence-corrected chi connectivity index (χ0v) is 17.3. The Kier molecular flexibility index (Phi) is 6.20. The first-order chi connectivity index (χ1) is 14.2. The number of rotatable bonds is 5. The van der Waals surface area contributed by atoms with Crippen LogP contribution in [-0.4, -0.2) is 38.8 Å². The number of thioether (sulfide) groups is 1. The first-order valence-corrected chi connectivity index (χ1v) is 10.9. The van der Waals surface area contributed by atoms with Crippen LogP contribution < -0.4 is 0 Å². The lowest BCUT2D eigenvalue weighted by Crippen LogP contribution is -2.39. The average Bonchev–Trinajstić information content (AvgIpc) is 2.79. The maximum Gasteiger partial charge on any atom is 0.253 e. The molecule has 0 aliphatic carbocycles. The summed E-state index contributed by atoms with van der Waals surface area (Å²) in [6.07, 6.45) is 7.59. The second-order valence-electron chi connectivity index (χ2n) is 7.33. The molecule has 2 aromatic heterocycles. The third-order valence-corrected chi connectivity index (χ3v) is 6.13. The SMILES string of the molecule is Cc1cnc(SCc2cccnc2)nc1C1CCCN(C(=O)c2ccccc2)C1. The van der Waals surface area contributed by atoms with Gasteiger partial charge < -0.3 is 4.90 Å². The largest absolute Gasteiger partial charge is 0.338 e. The maximum atomic E-state index is 12.9. The van der Waals surface area contributed by atoms with Gasteiger partial charge in [-0.25, -0.2) is 9.97 Å². The number of pyridine rings is 1. The summed E-state index contributed by atoms with van der Waals surface area (Å²) in [6.45, 7) is 3.57. The van der Waals surface area contributed by atoms with Crippen molar-refractivity contribution in [3.05, 3.63) is 83.4 Å². The number of nitrogens with zero attached hydrogens (tertiary/aromatic N) is 4. The smallest absolute Gasteiger partial charge is 0.253 e. The maximum absolute atomic E-state index is 12.9. The van der Waals surface area contributed by atoms with Crippen LogP contribution in [0.2, 0.25) is 0 Å². The Morgan fingerprint density at radius 2 is 2.03 bits per heavy atom. The van der Waals surface area contributed by atoms with E-state index in [2.05, 4.69) is 23.0 Å². The number of carbonyl (C=O) groups excluding carboxylic acids is 1. The van der Waals surface area contributed by atoms with E-state index in [-0.39, 0.29) is 11.8 Å². The van der Waals surface area contributed by atoms with Crippen LogP contribution in [0.25, 0.3) is 0 Å². The number of aryl methyl sites for hydroxylation is 1. The van der Waals surface area contributed by atoms with Gasteiger partial charge in [-0.05, 0) is 49.1 Å². The summed E-state index contributed by atoms with van der Waals surface area (Å²) in [4.78, 5) is 28.4. The molecule has 1 aliphatic heterocycles. The van der Waals surface area contributed by atoms with Crippen molar-refractivity contribution in [3.8, 4) is 0 Å². The van der Waals surface area contributed by atoms with Gasteiger partial charge >= 0.3 is 0 Å². The molecule has 29 heavy (non-hydrogen) atoms.